The summed E-state index contributed by atoms with van der Waals surface area (Å²) in [6.45, 7) is 1.34. The molecule has 2 aromatic carbocycles. The first-order valence-corrected chi connectivity index (χ1v) is 14.3. The Hall–Kier alpha value is -0.696. The second-order valence-electron chi connectivity index (χ2n) is 6.52. The van der Waals surface area contributed by atoms with E-state index in [4.69, 9.17) is 46.4 Å². The Balaban J connectivity index is 1.52. The van der Waals surface area contributed by atoms with Gasteiger partial charge >= 0.3 is 6.03 Å². The van der Waals surface area contributed by atoms with E-state index in [1.807, 2.05) is 24.3 Å². The summed E-state index contributed by atoms with van der Waals surface area (Å²) in [6.07, 6.45) is 1.89. The topological polar surface area (TPSA) is 41.1 Å². The molecule has 0 spiro atoms. The lowest BCUT2D eigenvalue weighted by atomic mass is 10.4. The smallest absolute Gasteiger partial charge is 0.314 e. The van der Waals surface area contributed by atoms with E-state index in [2.05, 4.69) is 10.6 Å². The molecule has 0 saturated heterocycles. The number of amides is 2. The lowest BCUT2D eigenvalue weighted by molar-refractivity contribution is 0.241. The summed E-state index contributed by atoms with van der Waals surface area (Å²) in [5, 5.41) is 10.8. The molecule has 0 heterocycles. The van der Waals surface area contributed by atoms with E-state index in [-0.39, 0.29) is 6.03 Å². The van der Waals surface area contributed by atoms with Crippen LogP contribution >= 0.6 is 46.4 Å². The lowest BCUT2D eigenvalue weighted by Crippen LogP contribution is -2.36. The minimum absolute atomic E-state index is 0.107. The summed E-state index contributed by atoms with van der Waals surface area (Å²) in [7, 11) is -0.930. The fraction of sp³-hybridized carbons (Fsp3) is 0.316. The molecule has 0 aliphatic rings. The summed E-state index contributed by atoms with van der Waals surface area (Å²) in [5.41, 5.74) is 0. The van der Waals surface area contributed by atoms with Crippen LogP contribution in [0.25, 0.3) is 0 Å². The molecular formula is C19H24Cl4N2OSi2. The van der Waals surface area contributed by atoms with Crippen LogP contribution in [0.15, 0.2) is 36.4 Å². The molecule has 2 rings (SSSR count). The summed E-state index contributed by atoms with van der Waals surface area (Å²) in [4.78, 5) is 11.8. The highest BCUT2D eigenvalue weighted by molar-refractivity contribution is 6.60. The molecule has 28 heavy (non-hydrogen) atoms. The molecule has 0 aromatic heterocycles. The number of benzene rings is 2. The van der Waals surface area contributed by atoms with Crippen molar-refractivity contribution in [2.45, 2.75) is 24.9 Å². The second kappa shape index (κ2) is 12.8. The van der Waals surface area contributed by atoms with Crippen molar-refractivity contribution in [1.82, 2.24) is 10.6 Å². The number of rotatable bonds is 10. The largest absolute Gasteiger partial charge is 0.338 e. The van der Waals surface area contributed by atoms with Gasteiger partial charge in [-0.05, 0) is 35.3 Å². The molecule has 0 radical (unpaired) electrons. The number of hydrogen-bond donors (Lipinski definition) is 2. The van der Waals surface area contributed by atoms with Gasteiger partial charge in [-0.15, -0.1) is 0 Å². The second-order valence-corrected chi connectivity index (χ2v) is 12.0. The van der Waals surface area contributed by atoms with Gasteiger partial charge in [-0.25, -0.2) is 4.79 Å². The standard InChI is InChI=1S/C19H24Cl4N2OSi2/c20-13-5-1-7-15(17(13)22)27-11-3-9-24-19(26)25-10-4-12-28-16-8-2-6-14(21)18(16)23/h1-2,5-8H,3-4,9-12,27-28H2,(H2,24,25,26). The number of nitrogens with one attached hydrogen (secondary N) is 2. The Morgan fingerprint density at radius 3 is 1.61 bits per heavy atom. The van der Waals surface area contributed by atoms with Gasteiger partial charge in [-0.3, -0.25) is 0 Å². The summed E-state index contributed by atoms with van der Waals surface area (Å²) in [5.74, 6) is 0. The molecule has 0 aliphatic carbocycles. The highest BCUT2D eigenvalue weighted by Gasteiger charge is 2.06. The van der Waals surface area contributed by atoms with Crippen molar-refractivity contribution in [2.24, 2.45) is 0 Å². The SMILES string of the molecule is O=C(NCCC[SiH2]c1cccc(Cl)c1Cl)NCCC[SiH2]c1cccc(Cl)c1Cl. The maximum atomic E-state index is 11.8. The van der Waals surface area contributed by atoms with Gasteiger partial charge in [-0.2, -0.15) is 0 Å². The molecule has 0 saturated carbocycles. The van der Waals surface area contributed by atoms with Crippen molar-refractivity contribution >= 4 is 81.8 Å². The van der Waals surface area contributed by atoms with Gasteiger partial charge < -0.3 is 10.6 Å². The van der Waals surface area contributed by atoms with Crippen LogP contribution in [0.5, 0.6) is 0 Å². The van der Waals surface area contributed by atoms with Gasteiger partial charge in [0.1, 0.15) is 0 Å². The average Bonchev–Trinajstić information content (AvgIpc) is 2.67. The Morgan fingerprint density at radius 1 is 0.750 bits per heavy atom. The first-order valence-electron chi connectivity index (χ1n) is 9.36. The van der Waals surface area contributed by atoms with Crippen LogP contribution in [0.4, 0.5) is 4.79 Å². The van der Waals surface area contributed by atoms with E-state index in [0.717, 1.165) is 24.9 Å². The van der Waals surface area contributed by atoms with Crippen LogP contribution in [0.3, 0.4) is 0 Å². The molecule has 152 valence electrons. The molecule has 0 atom stereocenters. The lowest BCUT2D eigenvalue weighted by Gasteiger charge is -2.09. The molecule has 0 bridgehead atoms. The number of urea groups is 1. The van der Waals surface area contributed by atoms with Crippen molar-refractivity contribution in [3.05, 3.63) is 56.5 Å². The van der Waals surface area contributed by atoms with Crippen molar-refractivity contribution in [3.63, 3.8) is 0 Å². The zero-order valence-corrected chi connectivity index (χ0v) is 21.4. The van der Waals surface area contributed by atoms with Gasteiger partial charge in [0.25, 0.3) is 0 Å². The molecule has 0 unspecified atom stereocenters. The minimum atomic E-state index is -0.465. The van der Waals surface area contributed by atoms with Crippen LogP contribution < -0.4 is 21.0 Å². The number of carbonyl (C=O) groups is 1. The van der Waals surface area contributed by atoms with Gasteiger partial charge in [-0.1, -0.05) is 82.8 Å². The Bertz CT molecular complexity index is 729. The number of halogens is 4. The summed E-state index contributed by atoms with van der Waals surface area (Å²) in [6, 6.07) is 13.6. The predicted octanol–water partition coefficient (Wildman–Crippen LogP) is 3.50. The van der Waals surface area contributed by atoms with Gasteiger partial charge in [0.15, 0.2) is 0 Å². The molecule has 2 amide bonds. The van der Waals surface area contributed by atoms with Crippen molar-refractivity contribution < 1.29 is 4.79 Å². The number of hydrogen-bond acceptors (Lipinski definition) is 1. The van der Waals surface area contributed by atoms with Crippen LogP contribution in [-0.4, -0.2) is 38.2 Å². The quantitative estimate of drug-likeness (QED) is 0.386. The summed E-state index contributed by atoms with van der Waals surface area (Å²) < 4.78 is 0. The van der Waals surface area contributed by atoms with E-state index in [1.165, 1.54) is 10.4 Å². The number of carbonyl (C=O) groups excluding carboxylic acids is 1. The molecule has 3 nitrogen and oxygen atoms in total. The third-order valence-corrected chi connectivity index (χ3v) is 10.5. The normalized spacial score (nSPS) is 11.6. The fourth-order valence-corrected chi connectivity index (χ4v) is 7.45. The van der Waals surface area contributed by atoms with E-state index in [9.17, 15) is 4.79 Å². The molecule has 2 N–H and O–H groups in total. The third-order valence-electron chi connectivity index (χ3n) is 4.38. The van der Waals surface area contributed by atoms with Gasteiger partial charge in [0, 0.05) is 13.1 Å². The predicted molar refractivity (Wildman–Crippen MR) is 130 cm³/mol. The fourth-order valence-electron chi connectivity index (χ4n) is 2.83. The molecule has 0 fully saturated rings. The molecule has 0 aliphatic heterocycles. The van der Waals surface area contributed by atoms with Crippen molar-refractivity contribution in [3.8, 4) is 0 Å². The van der Waals surface area contributed by atoms with Crippen LogP contribution in [0.1, 0.15) is 12.8 Å². The molecular weight excluding hydrogens is 470 g/mol. The van der Waals surface area contributed by atoms with Crippen molar-refractivity contribution in [1.29, 1.82) is 0 Å². The monoisotopic (exact) mass is 492 g/mol. The maximum absolute atomic E-state index is 11.8. The minimum Gasteiger partial charge on any atom is -0.338 e. The van der Waals surface area contributed by atoms with Crippen LogP contribution in [0, 0.1) is 0 Å². The zero-order chi connectivity index (χ0) is 20.4. The highest BCUT2D eigenvalue weighted by atomic mass is 35.5. The molecule has 2 aromatic rings. The Labute approximate surface area is 191 Å². The van der Waals surface area contributed by atoms with Gasteiger partial charge in [0.2, 0.25) is 0 Å². The Morgan fingerprint density at radius 2 is 1.18 bits per heavy atom. The average molecular weight is 494 g/mol. The Kier molecular flexibility index (Phi) is 10.8. The van der Waals surface area contributed by atoms with E-state index < -0.39 is 19.0 Å². The van der Waals surface area contributed by atoms with E-state index in [0.29, 0.717) is 33.2 Å². The maximum Gasteiger partial charge on any atom is 0.314 e. The first-order chi connectivity index (χ1) is 13.5. The van der Waals surface area contributed by atoms with Crippen LogP contribution in [-0.2, 0) is 0 Å². The first kappa shape index (κ1) is 23.6. The van der Waals surface area contributed by atoms with E-state index >= 15 is 0 Å². The highest BCUT2D eigenvalue weighted by Crippen LogP contribution is 2.19. The van der Waals surface area contributed by atoms with Gasteiger partial charge in [0.05, 0.1) is 39.1 Å². The molecule has 9 heteroatoms. The summed E-state index contributed by atoms with van der Waals surface area (Å²) >= 11 is 24.5. The van der Waals surface area contributed by atoms with Crippen LogP contribution in [0.2, 0.25) is 32.2 Å². The van der Waals surface area contributed by atoms with Crippen molar-refractivity contribution in [2.75, 3.05) is 13.1 Å². The zero-order valence-electron chi connectivity index (χ0n) is 15.5. The third kappa shape index (κ3) is 7.97. The van der Waals surface area contributed by atoms with E-state index in [1.54, 1.807) is 12.1 Å².